The first-order valence-corrected chi connectivity index (χ1v) is 8.05. The van der Waals surface area contributed by atoms with Crippen molar-refractivity contribution < 1.29 is 14.1 Å². The number of H-pyrrole nitrogens is 1. The van der Waals surface area contributed by atoms with Crippen LogP contribution in [0.1, 0.15) is 29.3 Å². The van der Waals surface area contributed by atoms with E-state index in [0.717, 1.165) is 10.5 Å². The number of carbonyl (C=O) groups is 1. The standard InChI is InChI=1S/C17H21FN4O3/c1-3-7-22-15(19)14(16(24)20-17(22)25)13(23)10-21(2)9-11-5-4-6-12(18)8-11/h4-6,8H,3,7,9-10,19H2,1-2H3,(H,20,24,25)/p+1. The fourth-order valence-electron chi connectivity index (χ4n) is 2.72. The van der Waals surface area contributed by atoms with E-state index in [9.17, 15) is 18.8 Å². The first kappa shape index (κ1) is 18.6. The number of benzene rings is 1. The molecule has 2 rings (SSSR count). The second-order valence-electron chi connectivity index (χ2n) is 6.03. The summed E-state index contributed by atoms with van der Waals surface area (Å²) in [5, 5.41) is 0. The summed E-state index contributed by atoms with van der Waals surface area (Å²) in [6.07, 6.45) is 0.633. The minimum Gasteiger partial charge on any atom is -0.384 e. The van der Waals surface area contributed by atoms with Gasteiger partial charge in [-0.15, -0.1) is 0 Å². The fourth-order valence-corrected chi connectivity index (χ4v) is 2.72. The number of nitrogen functional groups attached to an aromatic ring is 1. The molecular formula is C17H22FN4O3+. The number of nitrogens with one attached hydrogen (secondary N) is 2. The van der Waals surface area contributed by atoms with Gasteiger partial charge in [0, 0.05) is 12.1 Å². The zero-order valence-corrected chi connectivity index (χ0v) is 14.3. The van der Waals surface area contributed by atoms with Crippen LogP contribution in [-0.4, -0.2) is 28.9 Å². The highest BCUT2D eigenvalue weighted by atomic mass is 19.1. The number of ketones is 1. The van der Waals surface area contributed by atoms with Crippen LogP contribution < -0.4 is 21.9 Å². The summed E-state index contributed by atoms with van der Waals surface area (Å²) in [4.78, 5) is 39.2. The molecule has 7 nitrogen and oxygen atoms in total. The number of likely N-dealkylation sites (N-methyl/N-ethyl adjacent to an activating group) is 1. The van der Waals surface area contributed by atoms with E-state index in [4.69, 9.17) is 5.73 Å². The number of hydrogen-bond donors (Lipinski definition) is 3. The van der Waals surface area contributed by atoms with Crippen LogP contribution in [0.3, 0.4) is 0 Å². The van der Waals surface area contributed by atoms with E-state index in [0.29, 0.717) is 19.5 Å². The molecule has 0 saturated carbocycles. The third-order valence-corrected chi connectivity index (χ3v) is 3.82. The Bertz CT molecular complexity index is 888. The van der Waals surface area contributed by atoms with E-state index in [2.05, 4.69) is 4.98 Å². The van der Waals surface area contributed by atoms with Gasteiger partial charge < -0.3 is 10.6 Å². The quantitative estimate of drug-likeness (QED) is 0.590. The molecule has 2 aromatic rings. The van der Waals surface area contributed by atoms with Crippen molar-refractivity contribution in [2.45, 2.75) is 26.4 Å². The molecule has 4 N–H and O–H groups in total. The maximum atomic E-state index is 13.2. The number of nitrogens with zero attached hydrogens (tertiary/aromatic N) is 1. The van der Waals surface area contributed by atoms with Crippen LogP contribution in [0.4, 0.5) is 10.2 Å². The third-order valence-electron chi connectivity index (χ3n) is 3.82. The second kappa shape index (κ2) is 7.89. The van der Waals surface area contributed by atoms with Crippen molar-refractivity contribution in [1.82, 2.24) is 9.55 Å². The molecule has 0 aliphatic carbocycles. The van der Waals surface area contributed by atoms with E-state index in [-0.39, 0.29) is 23.7 Å². The number of carbonyl (C=O) groups excluding carboxylic acids is 1. The summed E-state index contributed by atoms with van der Waals surface area (Å²) in [6, 6.07) is 6.11. The number of quaternary nitrogens is 1. The third kappa shape index (κ3) is 4.42. The normalized spacial score (nSPS) is 12.1. The van der Waals surface area contributed by atoms with E-state index < -0.39 is 17.0 Å². The molecule has 0 aliphatic heterocycles. The van der Waals surface area contributed by atoms with Gasteiger partial charge in [0.1, 0.15) is 30.3 Å². The van der Waals surface area contributed by atoms with Gasteiger partial charge in [-0.25, -0.2) is 9.18 Å². The van der Waals surface area contributed by atoms with Gasteiger partial charge in [-0.05, 0) is 18.6 Å². The predicted octanol–water partition coefficient (Wildman–Crippen LogP) is -0.434. The van der Waals surface area contributed by atoms with Gasteiger partial charge in [-0.2, -0.15) is 0 Å². The first-order chi connectivity index (χ1) is 11.8. The Morgan fingerprint density at radius 1 is 1.36 bits per heavy atom. The molecule has 134 valence electrons. The summed E-state index contributed by atoms with van der Waals surface area (Å²) in [5.74, 6) is -0.916. The second-order valence-corrected chi connectivity index (χ2v) is 6.03. The smallest absolute Gasteiger partial charge is 0.329 e. The van der Waals surface area contributed by atoms with Crippen molar-refractivity contribution in [3.8, 4) is 0 Å². The van der Waals surface area contributed by atoms with Crippen LogP contribution in [0.2, 0.25) is 0 Å². The number of anilines is 1. The van der Waals surface area contributed by atoms with Crippen LogP contribution in [0.15, 0.2) is 33.9 Å². The highest BCUT2D eigenvalue weighted by Crippen LogP contribution is 2.05. The Balaban J connectivity index is 2.21. The highest BCUT2D eigenvalue weighted by molar-refractivity contribution is 6.00. The Kier molecular flexibility index (Phi) is 5.87. The molecule has 0 aliphatic rings. The van der Waals surface area contributed by atoms with Crippen LogP contribution in [0.5, 0.6) is 0 Å². The van der Waals surface area contributed by atoms with Gasteiger partial charge in [0.2, 0.25) is 5.78 Å². The first-order valence-electron chi connectivity index (χ1n) is 8.05. The summed E-state index contributed by atoms with van der Waals surface area (Å²) in [6.45, 7) is 2.58. The molecule has 1 unspecified atom stereocenters. The lowest BCUT2D eigenvalue weighted by Crippen LogP contribution is -3.08. The lowest BCUT2D eigenvalue weighted by Gasteiger charge is -2.15. The molecule has 0 amide bonds. The molecule has 0 bridgehead atoms. The van der Waals surface area contributed by atoms with Crippen molar-refractivity contribution >= 4 is 11.6 Å². The van der Waals surface area contributed by atoms with Crippen molar-refractivity contribution in [3.63, 3.8) is 0 Å². The van der Waals surface area contributed by atoms with Crippen molar-refractivity contribution in [2.24, 2.45) is 0 Å². The lowest BCUT2D eigenvalue weighted by atomic mass is 10.1. The Morgan fingerprint density at radius 2 is 2.08 bits per heavy atom. The molecule has 0 spiro atoms. The molecule has 0 saturated heterocycles. The number of aromatic amines is 1. The van der Waals surface area contributed by atoms with Gasteiger partial charge in [0.25, 0.3) is 5.56 Å². The number of halogens is 1. The molecule has 1 atom stereocenters. The van der Waals surface area contributed by atoms with Gasteiger partial charge in [0.05, 0.1) is 7.05 Å². The van der Waals surface area contributed by atoms with Gasteiger partial charge >= 0.3 is 5.69 Å². The molecular weight excluding hydrogens is 327 g/mol. The molecule has 25 heavy (non-hydrogen) atoms. The highest BCUT2D eigenvalue weighted by Gasteiger charge is 2.22. The predicted molar refractivity (Wildman–Crippen MR) is 92.2 cm³/mol. The molecule has 1 aromatic heterocycles. The topological polar surface area (TPSA) is 102 Å². The van der Waals surface area contributed by atoms with Crippen molar-refractivity contribution in [3.05, 3.63) is 62.0 Å². The maximum absolute atomic E-state index is 13.2. The Hall–Kier alpha value is -2.74. The van der Waals surface area contributed by atoms with Gasteiger partial charge in [0.15, 0.2) is 0 Å². The van der Waals surface area contributed by atoms with Crippen molar-refractivity contribution in [1.29, 1.82) is 0 Å². The van der Waals surface area contributed by atoms with E-state index in [1.54, 1.807) is 19.2 Å². The number of Topliss-reactive ketones (excluding diaryl/α,β-unsaturated/α-hetero) is 1. The largest absolute Gasteiger partial charge is 0.384 e. The number of aromatic nitrogens is 2. The number of nitrogens with two attached hydrogens (primary N) is 1. The van der Waals surface area contributed by atoms with Crippen molar-refractivity contribution in [2.75, 3.05) is 19.3 Å². The summed E-state index contributed by atoms with van der Waals surface area (Å²) in [5.41, 5.74) is 5.02. The van der Waals surface area contributed by atoms with Crippen LogP contribution >= 0.6 is 0 Å². The monoisotopic (exact) mass is 349 g/mol. The number of hydrogen-bond acceptors (Lipinski definition) is 4. The molecule has 1 aromatic carbocycles. The lowest BCUT2D eigenvalue weighted by molar-refractivity contribution is -0.884. The average Bonchev–Trinajstić information content (AvgIpc) is 2.51. The summed E-state index contributed by atoms with van der Waals surface area (Å²) in [7, 11) is 1.76. The van der Waals surface area contributed by atoms with Gasteiger partial charge in [-0.1, -0.05) is 19.1 Å². The minimum absolute atomic E-state index is 0.00583. The van der Waals surface area contributed by atoms with E-state index in [1.807, 2.05) is 6.92 Å². The number of rotatable bonds is 7. The van der Waals surface area contributed by atoms with Crippen LogP contribution in [0.25, 0.3) is 0 Å². The summed E-state index contributed by atoms with van der Waals surface area (Å²) < 4.78 is 14.4. The van der Waals surface area contributed by atoms with Gasteiger partial charge in [-0.3, -0.25) is 19.1 Å². The van der Waals surface area contributed by atoms with Crippen LogP contribution in [-0.2, 0) is 13.1 Å². The maximum Gasteiger partial charge on any atom is 0.329 e. The molecule has 1 heterocycles. The summed E-state index contributed by atoms with van der Waals surface area (Å²) >= 11 is 0. The Labute approximate surface area is 143 Å². The van der Waals surface area contributed by atoms with E-state index >= 15 is 0 Å². The van der Waals surface area contributed by atoms with E-state index in [1.165, 1.54) is 16.7 Å². The van der Waals surface area contributed by atoms with Crippen LogP contribution in [0, 0.1) is 5.82 Å². The molecule has 0 fully saturated rings. The zero-order valence-electron chi connectivity index (χ0n) is 14.3. The molecule has 8 heteroatoms. The zero-order chi connectivity index (χ0) is 18.6. The minimum atomic E-state index is -0.779. The fraction of sp³-hybridized carbons (Fsp3) is 0.353. The molecule has 0 radical (unpaired) electrons. The Morgan fingerprint density at radius 3 is 2.72 bits per heavy atom. The SMILES string of the molecule is CCCn1c(N)c(C(=O)C[NH+](C)Cc2cccc(F)c2)c(=O)[nH]c1=O. The average molecular weight is 349 g/mol.